The first kappa shape index (κ1) is 14.2. The van der Waals surface area contributed by atoms with Gasteiger partial charge in [-0.3, -0.25) is 9.59 Å². The smallest absolute Gasteiger partial charge is 0.259 e. The fraction of sp³-hybridized carbons (Fsp3) is 0.429. The van der Waals surface area contributed by atoms with Crippen molar-refractivity contribution in [3.05, 3.63) is 23.8 Å². The largest absolute Gasteiger partial charge is 0.493 e. The van der Waals surface area contributed by atoms with Crippen molar-refractivity contribution in [2.45, 2.75) is 13.3 Å². The van der Waals surface area contributed by atoms with Crippen LogP contribution in [0.3, 0.4) is 0 Å². The number of nitrogens with zero attached hydrogens (tertiary/aromatic N) is 1. The zero-order valence-corrected chi connectivity index (χ0v) is 11.5. The third-order valence-electron chi connectivity index (χ3n) is 3.17. The molecule has 0 radical (unpaired) electrons. The number of amides is 2. The van der Waals surface area contributed by atoms with E-state index in [0.29, 0.717) is 49.7 Å². The molecule has 6 heteroatoms. The Hall–Kier alpha value is -2.24. The van der Waals surface area contributed by atoms with Crippen LogP contribution < -0.4 is 15.8 Å². The molecule has 108 valence electrons. The number of nitrogen functional groups attached to an aromatic ring is 1. The summed E-state index contributed by atoms with van der Waals surface area (Å²) in [7, 11) is 0. The lowest BCUT2D eigenvalue weighted by molar-refractivity contribution is -0.120. The molecule has 1 heterocycles. The van der Waals surface area contributed by atoms with Crippen molar-refractivity contribution in [3.8, 4) is 5.75 Å². The molecule has 6 nitrogen and oxygen atoms in total. The van der Waals surface area contributed by atoms with E-state index in [9.17, 15) is 9.59 Å². The lowest BCUT2D eigenvalue weighted by Gasteiger charge is -2.22. The van der Waals surface area contributed by atoms with Gasteiger partial charge in [0.2, 0.25) is 5.91 Å². The van der Waals surface area contributed by atoms with Gasteiger partial charge < -0.3 is 20.7 Å². The van der Waals surface area contributed by atoms with E-state index in [4.69, 9.17) is 10.5 Å². The second kappa shape index (κ2) is 6.27. The average Bonchev–Trinajstić information content (AvgIpc) is 2.63. The normalized spacial score (nSPS) is 15.4. The summed E-state index contributed by atoms with van der Waals surface area (Å²) in [5.74, 6) is 0.260. The average molecular weight is 277 g/mol. The van der Waals surface area contributed by atoms with E-state index in [1.165, 1.54) is 0 Å². The molecule has 0 spiro atoms. The molecule has 0 aliphatic carbocycles. The summed E-state index contributed by atoms with van der Waals surface area (Å²) in [4.78, 5) is 25.6. The molecule has 1 aliphatic rings. The molecular formula is C14H19N3O3. The zero-order valence-electron chi connectivity index (χ0n) is 11.5. The Morgan fingerprint density at radius 1 is 1.45 bits per heavy atom. The Morgan fingerprint density at radius 3 is 3.00 bits per heavy atom. The van der Waals surface area contributed by atoms with Gasteiger partial charge in [0, 0.05) is 31.7 Å². The number of carbonyl (C=O) groups is 2. The minimum Gasteiger partial charge on any atom is -0.493 e. The maximum Gasteiger partial charge on any atom is 0.259 e. The molecule has 0 bridgehead atoms. The Labute approximate surface area is 117 Å². The second-order valence-electron chi connectivity index (χ2n) is 4.55. The van der Waals surface area contributed by atoms with Gasteiger partial charge in [0.25, 0.3) is 5.91 Å². The molecule has 2 amide bonds. The molecule has 0 unspecified atom stereocenters. The van der Waals surface area contributed by atoms with E-state index < -0.39 is 0 Å². The van der Waals surface area contributed by atoms with Gasteiger partial charge in [0.05, 0.1) is 6.61 Å². The zero-order chi connectivity index (χ0) is 14.5. The number of anilines is 1. The minimum atomic E-state index is -0.192. The molecule has 3 N–H and O–H groups in total. The maximum atomic E-state index is 12.6. The third-order valence-corrected chi connectivity index (χ3v) is 3.17. The lowest BCUT2D eigenvalue weighted by Crippen LogP contribution is -2.35. The van der Waals surface area contributed by atoms with Crippen LogP contribution in [0.2, 0.25) is 0 Å². The highest BCUT2D eigenvalue weighted by atomic mass is 16.5. The van der Waals surface area contributed by atoms with Crippen LogP contribution in [0.5, 0.6) is 5.75 Å². The summed E-state index contributed by atoms with van der Waals surface area (Å²) in [6.07, 6.45) is 0.308. The number of hydrogen-bond donors (Lipinski definition) is 2. The van der Waals surface area contributed by atoms with E-state index in [2.05, 4.69) is 5.32 Å². The standard InChI is InChI=1S/C14H19N3O3/c1-2-20-11-5-3-4-10(15)13(11)14(19)17-8-6-12(18)16-7-9-17/h3-5H,2,6-9,15H2,1H3,(H,16,18). The maximum absolute atomic E-state index is 12.6. The van der Waals surface area contributed by atoms with Gasteiger partial charge in [-0.15, -0.1) is 0 Å². The van der Waals surface area contributed by atoms with Gasteiger partial charge in [-0.1, -0.05) is 6.07 Å². The number of carbonyl (C=O) groups excluding carboxylic acids is 2. The van der Waals surface area contributed by atoms with Gasteiger partial charge in [-0.25, -0.2) is 0 Å². The Kier molecular flexibility index (Phi) is 4.45. The van der Waals surface area contributed by atoms with Gasteiger partial charge >= 0.3 is 0 Å². The van der Waals surface area contributed by atoms with Crippen LogP contribution in [0.25, 0.3) is 0 Å². The Balaban J connectivity index is 2.25. The molecule has 1 saturated heterocycles. The molecule has 20 heavy (non-hydrogen) atoms. The number of nitrogens with one attached hydrogen (secondary N) is 1. The van der Waals surface area contributed by atoms with Gasteiger partial charge in [0.15, 0.2) is 0 Å². The molecular weight excluding hydrogens is 258 g/mol. The number of benzene rings is 1. The second-order valence-corrected chi connectivity index (χ2v) is 4.55. The van der Waals surface area contributed by atoms with Crippen molar-refractivity contribution in [3.63, 3.8) is 0 Å². The fourth-order valence-corrected chi connectivity index (χ4v) is 2.18. The van der Waals surface area contributed by atoms with Crippen LogP contribution in [-0.4, -0.2) is 43.0 Å². The van der Waals surface area contributed by atoms with E-state index >= 15 is 0 Å². The van der Waals surface area contributed by atoms with Crippen molar-refractivity contribution in [2.75, 3.05) is 32.0 Å². The highest BCUT2D eigenvalue weighted by molar-refractivity contribution is 6.02. The molecule has 0 aromatic heterocycles. The summed E-state index contributed by atoms with van der Waals surface area (Å²) < 4.78 is 5.47. The van der Waals surface area contributed by atoms with Crippen molar-refractivity contribution in [1.82, 2.24) is 10.2 Å². The molecule has 1 fully saturated rings. The minimum absolute atomic E-state index is 0.0358. The number of hydrogen-bond acceptors (Lipinski definition) is 4. The Morgan fingerprint density at radius 2 is 2.25 bits per heavy atom. The first-order chi connectivity index (χ1) is 9.63. The van der Waals surface area contributed by atoms with E-state index in [0.717, 1.165) is 0 Å². The number of rotatable bonds is 3. The summed E-state index contributed by atoms with van der Waals surface area (Å²) in [6, 6.07) is 5.16. The fourth-order valence-electron chi connectivity index (χ4n) is 2.18. The molecule has 1 aromatic carbocycles. The first-order valence-electron chi connectivity index (χ1n) is 6.70. The number of nitrogens with two attached hydrogens (primary N) is 1. The molecule has 1 aliphatic heterocycles. The van der Waals surface area contributed by atoms with Crippen molar-refractivity contribution < 1.29 is 14.3 Å². The quantitative estimate of drug-likeness (QED) is 0.794. The number of ether oxygens (including phenoxy) is 1. The summed E-state index contributed by atoms with van der Waals surface area (Å²) in [5, 5.41) is 2.74. The van der Waals surface area contributed by atoms with Crippen LogP contribution in [0, 0.1) is 0 Å². The van der Waals surface area contributed by atoms with Crippen molar-refractivity contribution in [2.24, 2.45) is 0 Å². The first-order valence-corrected chi connectivity index (χ1v) is 6.70. The van der Waals surface area contributed by atoms with Crippen LogP contribution in [-0.2, 0) is 4.79 Å². The molecule has 2 rings (SSSR count). The van der Waals surface area contributed by atoms with Crippen LogP contribution in [0.15, 0.2) is 18.2 Å². The predicted octanol–water partition coefficient (Wildman–Crippen LogP) is 0.630. The van der Waals surface area contributed by atoms with Crippen LogP contribution in [0.1, 0.15) is 23.7 Å². The predicted molar refractivity (Wildman–Crippen MR) is 75.6 cm³/mol. The van der Waals surface area contributed by atoms with Crippen LogP contribution >= 0.6 is 0 Å². The lowest BCUT2D eigenvalue weighted by atomic mass is 10.1. The van der Waals surface area contributed by atoms with Gasteiger partial charge in [0.1, 0.15) is 11.3 Å². The topological polar surface area (TPSA) is 84.7 Å². The summed E-state index contributed by atoms with van der Waals surface area (Å²) in [5.41, 5.74) is 6.69. The van der Waals surface area contributed by atoms with Gasteiger partial charge in [-0.05, 0) is 19.1 Å². The van der Waals surface area contributed by atoms with Crippen molar-refractivity contribution >= 4 is 17.5 Å². The van der Waals surface area contributed by atoms with Gasteiger partial charge in [-0.2, -0.15) is 0 Å². The molecule has 0 atom stereocenters. The van der Waals surface area contributed by atoms with E-state index in [-0.39, 0.29) is 11.8 Å². The van der Waals surface area contributed by atoms with E-state index in [1.54, 1.807) is 23.1 Å². The monoisotopic (exact) mass is 277 g/mol. The summed E-state index contributed by atoms with van der Waals surface area (Å²) in [6.45, 7) is 3.64. The highest BCUT2D eigenvalue weighted by Crippen LogP contribution is 2.26. The SMILES string of the molecule is CCOc1cccc(N)c1C(=O)N1CCNC(=O)CC1. The van der Waals surface area contributed by atoms with Crippen LogP contribution in [0.4, 0.5) is 5.69 Å². The van der Waals surface area contributed by atoms with Crippen molar-refractivity contribution in [1.29, 1.82) is 0 Å². The molecule has 0 saturated carbocycles. The summed E-state index contributed by atoms with van der Waals surface area (Å²) >= 11 is 0. The van der Waals surface area contributed by atoms with E-state index in [1.807, 2.05) is 6.92 Å². The Bertz CT molecular complexity index is 516. The third kappa shape index (κ3) is 3.01. The highest BCUT2D eigenvalue weighted by Gasteiger charge is 2.24. The molecule has 1 aromatic rings.